The number of benzene rings is 2. The molecule has 26 heavy (non-hydrogen) atoms. The number of anilines is 1. The summed E-state index contributed by atoms with van der Waals surface area (Å²) >= 11 is 3.34. The van der Waals surface area contributed by atoms with E-state index in [1.165, 1.54) is 6.07 Å². The van der Waals surface area contributed by atoms with Crippen LogP contribution in [-0.2, 0) is 0 Å². The van der Waals surface area contributed by atoms with E-state index in [0.29, 0.717) is 27.9 Å². The zero-order valence-electron chi connectivity index (χ0n) is 13.3. The van der Waals surface area contributed by atoms with Gasteiger partial charge in [-0.3, -0.25) is 9.78 Å². The number of aromatic nitrogens is 2. The van der Waals surface area contributed by atoms with E-state index >= 15 is 0 Å². The molecular formula is C19H12BrN3O3. The topological polar surface area (TPSA) is 88.2 Å². The molecule has 6 nitrogen and oxygen atoms in total. The van der Waals surface area contributed by atoms with Gasteiger partial charge >= 0.3 is 0 Å². The van der Waals surface area contributed by atoms with Gasteiger partial charge in [-0.05, 0) is 42.5 Å². The number of amides is 1. The van der Waals surface area contributed by atoms with Crippen molar-refractivity contribution in [2.45, 2.75) is 0 Å². The number of hydrogen-bond acceptors (Lipinski definition) is 5. The molecule has 4 aromatic rings. The van der Waals surface area contributed by atoms with Crippen LogP contribution in [0, 0.1) is 0 Å². The van der Waals surface area contributed by atoms with Gasteiger partial charge in [0.15, 0.2) is 5.58 Å². The SMILES string of the molecule is O=C(Nc1ccc(O)c(-c2nc3cnccc3o2)c1)c1ccc(Br)cc1. The van der Waals surface area contributed by atoms with Crippen molar-refractivity contribution in [2.75, 3.05) is 5.32 Å². The van der Waals surface area contributed by atoms with Crippen molar-refractivity contribution in [3.05, 3.63) is 71.0 Å². The molecule has 4 rings (SSSR count). The summed E-state index contributed by atoms with van der Waals surface area (Å²) in [5, 5.41) is 13.0. The molecule has 0 aliphatic rings. The second kappa shape index (κ2) is 6.61. The summed E-state index contributed by atoms with van der Waals surface area (Å²) in [4.78, 5) is 20.7. The van der Waals surface area contributed by atoms with Gasteiger partial charge in [0.25, 0.3) is 5.91 Å². The summed E-state index contributed by atoms with van der Waals surface area (Å²) in [6.45, 7) is 0. The first kappa shape index (κ1) is 16.3. The van der Waals surface area contributed by atoms with Gasteiger partial charge < -0.3 is 14.8 Å². The van der Waals surface area contributed by atoms with E-state index < -0.39 is 0 Å². The van der Waals surface area contributed by atoms with Gasteiger partial charge in [-0.2, -0.15) is 0 Å². The molecule has 2 aromatic heterocycles. The van der Waals surface area contributed by atoms with Gasteiger partial charge in [-0.25, -0.2) is 4.98 Å². The second-order valence-corrected chi connectivity index (χ2v) is 6.47. The minimum atomic E-state index is -0.254. The molecule has 0 saturated heterocycles. The highest BCUT2D eigenvalue weighted by atomic mass is 79.9. The molecule has 0 bridgehead atoms. The first-order chi connectivity index (χ1) is 12.6. The molecule has 1 amide bonds. The average molecular weight is 410 g/mol. The molecule has 0 aliphatic heterocycles. The molecule has 0 fully saturated rings. The number of aromatic hydroxyl groups is 1. The largest absolute Gasteiger partial charge is 0.507 e. The van der Waals surface area contributed by atoms with Crippen LogP contribution in [0.2, 0.25) is 0 Å². The van der Waals surface area contributed by atoms with E-state index in [2.05, 4.69) is 31.2 Å². The quantitative estimate of drug-likeness (QED) is 0.482. The number of hydrogen-bond donors (Lipinski definition) is 2. The molecule has 128 valence electrons. The summed E-state index contributed by atoms with van der Waals surface area (Å²) in [5.41, 5.74) is 2.58. The number of phenols is 1. The summed E-state index contributed by atoms with van der Waals surface area (Å²) in [6.07, 6.45) is 3.19. The molecule has 0 aliphatic carbocycles. The highest BCUT2D eigenvalue weighted by molar-refractivity contribution is 9.10. The van der Waals surface area contributed by atoms with Crippen LogP contribution in [0.15, 0.2) is 69.8 Å². The molecule has 2 N–H and O–H groups in total. The standard InChI is InChI=1S/C19H12BrN3O3/c20-12-3-1-11(2-4-12)18(25)22-13-5-6-16(24)14(9-13)19-23-15-10-21-8-7-17(15)26-19/h1-10,24H,(H,22,25). The van der Waals surface area contributed by atoms with Crippen LogP contribution in [-0.4, -0.2) is 21.0 Å². The van der Waals surface area contributed by atoms with E-state index in [1.807, 2.05) is 0 Å². The first-order valence-electron chi connectivity index (χ1n) is 7.71. The van der Waals surface area contributed by atoms with Crippen LogP contribution < -0.4 is 5.32 Å². The van der Waals surface area contributed by atoms with Gasteiger partial charge in [-0.15, -0.1) is 0 Å². The Kier molecular flexibility index (Phi) is 4.14. The Balaban J connectivity index is 1.65. The molecule has 0 saturated carbocycles. The van der Waals surface area contributed by atoms with Gasteiger partial charge in [-0.1, -0.05) is 15.9 Å². The number of pyridine rings is 1. The lowest BCUT2D eigenvalue weighted by Crippen LogP contribution is -2.11. The molecule has 2 heterocycles. The summed E-state index contributed by atoms with van der Waals surface area (Å²) in [7, 11) is 0. The van der Waals surface area contributed by atoms with Crippen molar-refractivity contribution in [3.8, 4) is 17.2 Å². The zero-order chi connectivity index (χ0) is 18.1. The Labute approximate surface area is 156 Å². The number of nitrogens with zero attached hydrogens (tertiary/aromatic N) is 2. The number of halogens is 1. The van der Waals surface area contributed by atoms with Crippen molar-refractivity contribution in [1.82, 2.24) is 9.97 Å². The Hall–Kier alpha value is -3.19. The maximum atomic E-state index is 12.4. The van der Waals surface area contributed by atoms with Gasteiger partial charge in [0.05, 0.1) is 11.8 Å². The number of rotatable bonds is 3. The zero-order valence-corrected chi connectivity index (χ0v) is 14.9. The van der Waals surface area contributed by atoms with Crippen molar-refractivity contribution in [1.29, 1.82) is 0 Å². The van der Waals surface area contributed by atoms with E-state index in [4.69, 9.17) is 4.42 Å². The van der Waals surface area contributed by atoms with Crippen LogP contribution >= 0.6 is 15.9 Å². The maximum Gasteiger partial charge on any atom is 0.255 e. The Morgan fingerprint density at radius 3 is 2.69 bits per heavy atom. The predicted octanol–water partition coefficient (Wildman–Crippen LogP) is 4.61. The smallest absolute Gasteiger partial charge is 0.255 e. The molecular weight excluding hydrogens is 398 g/mol. The van der Waals surface area contributed by atoms with Crippen LogP contribution in [0.5, 0.6) is 5.75 Å². The number of phenolic OH excluding ortho intramolecular Hbond substituents is 1. The van der Waals surface area contributed by atoms with E-state index in [0.717, 1.165) is 4.47 Å². The fourth-order valence-electron chi connectivity index (χ4n) is 2.48. The third kappa shape index (κ3) is 3.16. The minimum absolute atomic E-state index is 0.00570. The third-order valence-corrected chi connectivity index (χ3v) is 4.31. The average Bonchev–Trinajstić information content (AvgIpc) is 3.07. The summed E-state index contributed by atoms with van der Waals surface area (Å²) in [6, 6.07) is 13.4. The number of nitrogens with one attached hydrogen (secondary N) is 1. The molecule has 0 spiro atoms. The fraction of sp³-hybridized carbons (Fsp3) is 0. The van der Waals surface area contributed by atoms with Crippen molar-refractivity contribution < 1.29 is 14.3 Å². The molecule has 0 radical (unpaired) electrons. The van der Waals surface area contributed by atoms with Crippen molar-refractivity contribution in [3.63, 3.8) is 0 Å². The molecule has 0 atom stereocenters. The van der Waals surface area contributed by atoms with Crippen LogP contribution in [0.4, 0.5) is 5.69 Å². The van der Waals surface area contributed by atoms with E-state index in [1.54, 1.807) is 54.9 Å². The van der Waals surface area contributed by atoms with Crippen LogP contribution in [0.3, 0.4) is 0 Å². The molecule has 7 heteroatoms. The first-order valence-corrected chi connectivity index (χ1v) is 8.50. The molecule has 2 aromatic carbocycles. The number of carbonyl (C=O) groups is 1. The van der Waals surface area contributed by atoms with Gasteiger partial charge in [0.2, 0.25) is 5.89 Å². The number of fused-ring (bicyclic) bond motifs is 1. The van der Waals surface area contributed by atoms with Gasteiger partial charge in [0, 0.05) is 28.0 Å². The lowest BCUT2D eigenvalue weighted by molar-refractivity contribution is 0.102. The van der Waals surface area contributed by atoms with Crippen LogP contribution in [0.25, 0.3) is 22.6 Å². The summed E-state index contributed by atoms with van der Waals surface area (Å²) in [5.74, 6) is 0.00676. The van der Waals surface area contributed by atoms with Crippen molar-refractivity contribution >= 4 is 38.6 Å². The Bertz CT molecular complexity index is 1070. The van der Waals surface area contributed by atoms with Crippen LogP contribution in [0.1, 0.15) is 10.4 Å². The number of carbonyl (C=O) groups excluding carboxylic acids is 1. The fourth-order valence-corrected chi connectivity index (χ4v) is 2.75. The Morgan fingerprint density at radius 1 is 1.12 bits per heavy atom. The minimum Gasteiger partial charge on any atom is -0.507 e. The third-order valence-electron chi connectivity index (χ3n) is 3.78. The highest BCUT2D eigenvalue weighted by Gasteiger charge is 2.14. The monoisotopic (exact) mass is 409 g/mol. The number of oxazole rings is 1. The Morgan fingerprint density at radius 2 is 1.92 bits per heavy atom. The van der Waals surface area contributed by atoms with Gasteiger partial charge in [0.1, 0.15) is 11.3 Å². The summed E-state index contributed by atoms with van der Waals surface area (Å²) < 4.78 is 6.56. The lowest BCUT2D eigenvalue weighted by atomic mass is 10.1. The van der Waals surface area contributed by atoms with E-state index in [-0.39, 0.29) is 17.5 Å². The van der Waals surface area contributed by atoms with Crippen molar-refractivity contribution in [2.24, 2.45) is 0 Å². The second-order valence-electron chi connectivity index (χ2n) is 5.56. The maximum absolute atomic E-state index is 12.4. The highest BCUT2D eigenvalue weighted by Crippen LogP contribution is 2.33. The van der Waals surface area contributed by atoms with E-state index in [9.17, 15) is 9.90 Å². The molecule has 0 unspecified atom stereocenters. The predicted molar refractivity (Wildman–Crippen MR) is 101 cm³/mol. The normalized spacial score (nSPS) is 10.8. The lowest BCUT2D eigenvalue weighted by Gasteiger charge is -2.08.